The largest absolute Gasteiger partial charge is 0.370 e. The van der Waals surface area contributed by atoms with E-state index in [-0.39, 0.29) is 11.2 Å². The van der Waals surface area contributed by atoms with Crippen LogP contribution in [0.1, 0.15) is 45.1 Å². The van der Waals surface area contributed by atoms with E-state index in [1.54, 1.807) is 12.1 Å². The van der Waals surface area contributed by atoms with E-state index in [0.29, 0.717) is 12.5 Å². The van der Waals surface area contributed by atoms with E-state index in [9.17, 15) is 4.39 Å². The van der Waals surface area contributed by atoms with Crippen molar-refractivity contribution in [1.29, 1.82) is 0 Å². The molecule has 4 heteroatoms. The van der Waals surface area contributed by atoms with Gasteiger partial charge in [0.1, 0.15) is 5.82 Å². The number of guanidine groups is 1. The van der Waals surface area contributed by atoms with Crippen molar-refractivity contribution in [3.63, 3.8) is 0 Å². The molecule has 0 bridgehead atoms. The molecule has 21 heavy (non-hydrogen) atoms. The van der Waals surface area contributed by atoms with Crippen molar-refractivity contribution >= 4 is 5.96 Å². The van der Waals surface area contributed by atoms with E-state index < -0.39 is 0 Å². The summed E-state index contributed by atoms with van der Waals surface area (Å²) < 4.78 is 13.2. The van der Waals surface area contributed by atoms with Crippen LogP contribution in [0.3, 0.4) is 0 Å². The van der Waals surface area contributed by atoms with Crippen molar-refractivity contribution in [2.45, 2.75) is 44.9 Å². The maximum absolute atomic E-state index is 13.2. The van der Waals surface area contributed by atoms with Crippen LogP contribution in [0.15, 0.2) is 29.3 Å². The Morgan fingerprint density at radius 3 is 2.29 bits per heavy atom. The summed E-state index contributed by atoms with van der Waals surface area (Å²) in [4.78, 5) is 6.71. The van der Waals surface area contributed by atoms with Gasteiger partial charge in [-0.3, -0.25) is 4.99 Å². The zero-order chi connectivity index (χ0) is 15.3. The predicted octanol–water partition coefficient (Wildman–Crippen LogP) is 3.29. The topological polar surface area (TPSA) is 41.6 Å². The van der Waals surface area contributed by atoms with Crippen LogP contribution in [0.4, 0.5) is 4.39 Å². The molecule has 3 nitrogen and oxygen atoms in total. The molecule has 1 aliphatic rings. The lowest BCUT2D eigenvalue weighted by Gasteiger charge is -2.29. The van der Waals surface area contributed by atoms with Crippen LogP contribution in [0.25, 0.3) is 0 Å². The normalized spacial score (nSPS) is 18.0. The molecule has 0 radical (unpaired) electrons. The van der Waals surface area contributed by atoms with Crippen molar-refractivity contribution in [2.24, 2.45) is 10.7 Å². The minimum Gasteiger partial charge on any atom is -0.370 e. The molecule has 0 aromatic heterocycles. The summed E-state index contributed by atoms with van der Waals surface area (Å²) in [5, 5.41) is 0. The maximum atomic E-state index is 13.2. The van der Waals surface area contributed by atoms with Gasteiger partial charge in [0.25, 0.3) is 0 Å². The molecule has 1 aromatic rings. The molecule has 0 saturated heterocycles. The third kappa shape index (κ3) is 3.55. The van der Waals surface area contributed by atoms with Gasteiger partial charge in [-0.05, 0) is 44.4 Å². The van der Waals surface area contributed by atoms with Gasteiger partial charge in [0.2, 0.25) is 0 Å². The van der Waals surface area contributed by atoms with E-state index in [1.807, 2.05) is 12.1 Å². The molecule has 0 unspecified atom stereocenters. The minimum atomic E-state index is -0.182. The van der Waals surface area contributed by atoms with Crippen molar-refractivity contribution in [3.05, 3.63) is 35.6 Å². The van der Waals surface area contributed by atoms with Gasteiger partial charge in [0.15, 0.2) is 5.96 Å². The van der Waals surface area contributed by atoms with E-state index in [0.717, 1.165) is 25.9 Å². The SMILES string of the molecule is CCN(CC)C(N)=NCC1(c2ccc(F)cc2)CCCC1. The second-order valence-corrected chi connectivity index (χ2v) is 5.84. The summed E-state index contributed by atoms with van der Waals surface area (Å²) in [7, 11) is 0. The molecule has 2 rings (SSSR count). The highest BCUT2D eigenvalue weighted by Crippen LogP contribution is 2.41. The second-order valence-electron chi connectivity index (χ2n) is 5.84. The van der Waals surface area contributed by atoms with Crippen molar-refractivity contribution in [2.75, 3.05) is 19.6 Å². The van der Waals surface area contributed by atoms with Gasteiger partial charge in [-0.1, -0.05) is 25.0 Å². The summed E-state index contributed by atoms with van der Waals surface area (Å²) in [6.07, 6.45) is 4.62. The third-order valence-corrected chi connectivity index (χ3v) is 4.65. The number of rotatable bonds is 5. The van der Waals surface area contributed by atoms with E-state index in [1.165, 1.54) is 18.4 Å². The number of nitrogens with two attached hydrogens (primary N) is 1. The van der Waals surface area contributed by atoms with Crippen molar-refractivity contribution < 1.29 is 4.39 Å². The van der Waals surface area contributed by atoms with Crippen LogP contribution >= 0.6 is 0 Å². The zero-order valence-corrected chi connectivity index (χ0v) is 13.1. The summed E-state index contributed by atoms with van der Waals surface area (Å²) in [5.41, 5.74) is 7.32. The summed E-state index contributed by atoms with van der Waals surface area (Å²) >= 11 is 0. The molecule has 1 aliphatic carbocycles. The standard InChI is InChI=1S/C17H26FN3/c1-3-21(4-2)16(19)20-13-17(11-5-6-12-17)14-7-9-15(18)10-8-14/h7-10H,3-6,11-13H2,1-2H3,(H2,19,20). The number of hydrogen-bond donors (Lipinski definition) is 1. The maximum Gasteiger partial charge on any atom is 0.191 e. The average Bonchev–Trinajstić information content (AvgIpc) is 2.97. The first-order valence-corrected chi connectivity index (χ1v) is 7.92. The fraction of sp³-hybridized carbons (Fsp3) is 0.588. The van der Waals surface area contributed by atoms with Gasteiger partial charge in [-0.2, -0.15) is 0 Å². The van der Waals surface area contributed by atoms with Crippen LogP contribution in [-0.2, 0) is 5.41 Å². The minimum absolute atomic E-state index is 0.0332. The number of halogens is 1. The lowest BCUT2D eigenvalue weighted by atomic mass is 9.79. The van der Waals surface area contributed by atoms with Crippen LogP contribution in [0, 0.1) is 5.82 Å². The first kappa shape index (κ1) is 15.8. The molecule has 0 aliphatic heterocycles. The Kier molecular flexibility index (Phi) is 5.21. The molecule has 0 spiro atoms. The highest BCUT2D eigenvalue weighted by molar-refractivity contribution is 5.78. The van der Waals surface area contributed by atoms with E-state index >= 15 is 0 Å². The molecule has 116 valence electrons. The Labute approximate surface area is 127 Å². The van der Waals surface area contributed by atoms with Crippen LogP contribution in [0.2, 0.25) is 0 Å². The van der Waals surface area contributed by atoms with Gasteiger partial charge >= 0.3 is 0 Å². The molecule has 0 heterocycles. The Hall–Kier alpha value is -1.58. The quantitative estimate of drug-likeness (QED) is 0.668. The molecular weight excluding hydrogens is 265 g/mol. The van der Waals surface area contributed by atoms with Crippen molar-refractivity contribution in [1.82, 2.24) is 4.90 Å². The van der Waals surface area contributed by atoms with Crippen molar-refractivity contribution in [3.8, 4) is 0 Å². The van der Waals surface area contributed by atoms with Crippen LogP contribution in [-0.4, -0.2) is 30.5 Å². The van der Waals surface area contributed by atoms with Crippen LogP contribution in [0.5, 0.6) is 0 Å². The Balaban J connectivity index is 2.19. The van der Waals surface area contributed by atoms with E-state index in [4.69, 9.17) is 5.73 Å². The molecule has 0 atom stereocenters. The van der Waals surface area contributed by atoms with Gasteiger partial charge in [-0.25, -0.2) is 4.39 Å². The Morgan fingerprint density at radius 2 is 1.76 bits per heavy atom. The predicted molar refractivity (Wildman–Crippen MR) is 86.0 cm³/mol. The van der Waals surface area contributed by atoms with Gasteiger partial charge < -0.3 is 10.6 Å². The number of benzene rings is 1. The van der Waals surface area contributed by atoms with Gasteiger partial charge in [-0.15, -0.1) is 0 Å². The molecule has 2 N–H and O–H groups in total. The average molecular weight is 291 g/mol. The molecule has 1 aromatic carbocycles. The molecule has 1 saturated carbocycles. The highest BCUT2D eigenvalue weighted by Gasteiger charge is 2.35. The number of nitrogens with zero attached hydrogens (tertiary/aromatic N) is 2. The van der Waals surface area contributed by atoms with Gasteiger partial charge in [0.05, 0.1) is 6.54 Å². The zero-order valence-electron chi connectivity index (χ0n) is 13.1. The fourth-order valence-electron chi connectivity index (χ4n) is 3.27. The fourth-order valence-corrected chi connectivity index (χ4v) is 3.27. The summed E-state index contributed by atoms with van der Waals surface area (Å²) in [5.74, 6) is 0.437. The van der Waals surface area contributed by atoms with Gasteiger partial charge in [0, 0.05) is 18.5 Å². The molecule has 0 amide bonds. The lowest BCUT2D eigenvalue weighted by Crippen LogP contribution is -2.38. The molecule has 1 fully saturated rings. The first-order valence-electron chi connectivity index (χ1n) is 7.92. The monoisotopic (exact) mass is 291 g/mol. The lowest BCUT2D eigenvalue weighted by molar-refractivity contribution is 0.431. The number of aliphatic imine (C=N–C) groups is 1. The smallest absolute Gasteiger partial charge is 0.191 e. The Morgan fingerprint density at radius 1 is 1.19 bits per heavy atom. The summed E-state index contributed by atoms with van der Waals surface area (Å²) in [6.45, 7) is 6.60. The number of hydrogen-bond acceptors (Lipinski definition) is 1. The first-order chi connectivity index (χ1) is 10.1. The van der Waals surface area contributed by atoms with Crippen LogP contribution < -0.4 is 5.73 Å². The Bertz CT molecular complexity index is 471. The summed E-state index contributed by atoms with van der Waals surface area (Å²) in [6, 6.07) is 6.91. The third-order valence-electron chi connectivity index (χ3n) is 4.65. The highest BCUT2D eigenvalue weighted by atomic mass is 19.1. The molecular formula is C17H26FN3. The second kappa shape index (κ2) is 6.92. The van der Waals surface area contributed by atoms with E-state index in [2.05, 4.69) is 23.7 Å².